The Kier molecular flexibility index (Phi) is 5.43. The Morgan fingerprint density at radius 1 is 1.55 bits per heavy atom. The third kappa shape index (κ3) is 3.34. The number of nitrogens with zero attached hydrogens (tertiary/aromatic N) is 1. The van der Waals surface area contributed by atoms with Gasteiger partial charge >= 0.3 is 0 Å². The molecule has 0 spiro atoms. The summed E-state index contributed by atoms with van der Waals surface area (Å²) in [7, 11) is 1.97. The van der Waals surface area contributed by atoms with E-state index in [-0.39, 0.29) is 18.8 Å². The van der Waals surface area contributed by atoms with Gasteiger partial charge in [-0.15, -0.1) is 0 Å². The van der Waals surface area contributed by atoms with Crippen LogP contribution in [0.1, 0.15) is 25.5 Å². The normalized spacial score (nSPS) is 24.8. The second kappa shape index (κ2) is 6.89. The Morgan fingerprint density at radius 3 is 2.95 bits per heavy atom. The fraction of sp³-hybridized carbons (Fsp3) is 0.600. The van der Waals surface area contributed by atoms with E-state index in [0.29, 0.717) is 12.6 Å². The van der Waals surface area contributed by atoms with E-state index in [9.17, 15) is 5.11 Å². The van der Waals surface area contributed by atoms with Crippen molar-refractivity contribution < 1.29 is 9.84 Å². The number of benzene rings is 1. The monoisotopic (exact) mass is 342 g/mol. The second-order valence-corrected chi connectivity index (χ2v) is 6.27. The van der Waals surface area contributed by atoms with Gasteiger partial charge in [0.25, 0.3) is 0 Å². The van der Waals surface area contributed by atoms with Crippen molar-refractivity contribution in [1.29, 1.82) is 0 Å². The van der Waals surface area contributed by atoms with Crippen LogP contribution in [0.3, 0.4) is 0 Å². The molecule has 112 valence electrons. The van der Waals surface area contributed by atoms with Gasteiger partial charge in [0.05, 0.1) is 19.3 Å². The maximum absolute atomic E-state index is 9.35. The largest absolute Gasteiger partial charge is 0.394 e. The Bertz CT molecular complexity index is 455. The molecule has 5 heteroatoms. The summed E-state index contributed by atoms with van der Waals surface area (Å²) in [5.74, 6) is 0. The number of ether oxygens (including phenoxy) is 1. The van der Waals surface area contributed by atoms with Crippen LogP contribution in [0.2, 0.25) is 0 Å². The number of anilines is 1. The van der Waals surface area contributed by atoms with Gasteiger partial charge in [-0.05, 0) is 38.6 Å². The fourth-order valence-electron chi connectivity index (χ4n) is 2.55. The van der Waals surface area contributed by atoms with E-state index in [1.807, 2.05) is 7.05 Å². The third-order valence-electron chi connectivity index (χ3n) is 3.91. The van der Waals surface area contributed by atoms with Crippen LogP contribution in [0.4, 0.5) is 5.69 Å². The number of rotatable bonds is 4. The van der Waals surface area contributed by atoms with E-state index in [4.69, 9.17) is 4.74 Å². The van der Waals surface area contributed by atoms with E-state index in [1.165, 1.54) is 11.3 Å². The molecule has 1 heterocycles. The van der Waals surface area contributed by atoms with Crippen LogP contribution in [-0.2, 0) is 4.74 Å². The van der Waals surface area contributed by atoms with Crippen molar-refractivity contribution in [2.24, 2.45) is 0 Å². The van der Waals surface area contributed by atoms with Crippen LogP contribution in [-0.4, -0.2) is 44.1 Å². The lowest BCUT2D eigenvalue weighted by molar-refractivity contribution is -0.0104. The molecule has 0 aliphatic carbocycles. The minimum atomic E-state index is -0.108. The Hall–Kier alpha value is -0.620. The van der Waals surface area contributed by atoms with E-state index >= 15 is 0 Å². The molecule has 0 amide bonds. The van der Waals surface area contributed by atoms with Gasteiger partial charge in [0.15, 0.2) is 0 Å². The molecule has 1 aliphatic heterocycles. The zero-order valence-electron chi connectivity index (χ0n) is 12.3. The summed E-state index contributed by atoms with van der Waals surface area (Å²) in [6, 6.07) is 6.95. The van der Waals surface area contributed by atoms with Gasteiger partial charge < -0.3 is 20.1 Å². The van der Waals surface area contributed by atoms with Crippen molar-refractivity contribution in [3.63, 3.8) is 0 Å². The molecule has 1 saturated heterocycles. The SMILES string of the molecule is CNC(C)c1ccc(Br)cc1N1CC(CO)OCC1C. The summed E-state index contributed by atoms with van der Waals surface area (Å²) in [4.78, 5) is 2.33. The minimum Gasteiger partial charge on any atom is -0.394 e. The zero-order chi connectivity index (χ0) is 14.7. The summed E-state index contributed by atoms with van der Waals surface area (Å²) in [6.07, 6.45) is -0.108. The molecular weight excluding hydrogens is 320 g/mol. The van der Waals surface area contributed by atoms with Crippen LogP contribution in [0.25, 0.3) is 0 Å². The number of nitrogens with one attached hydrogen (secondary N) is 1. The van der Waals surface area contributed by atoms with E-state index < -0.39 is 0 Å². The van der Waals surface area contributed by atoms with E-state index in [1.54, 1.807) is 0 Å². The molecule has 20 heavy (non-hydrogen) atoms. The summed E-state index contributed by atoms with van der Waals surface area (Å²) < 4.78 is 6.70. The molecule has 3 unspecified atom stereocenters. The first kappa shape index (κ1) is 15.8. The molecule has 0 bridgehead atoms. The highest BCUT2D eigenvalue weighted by Crippen LogP contribution is 2.32. The van der Waals surface area contributed by atoms with Crippen molar-refractivity contribution in [2.75, 3.05) is 31.7 Å². The molecule has 1 aliphatic rings. The highest BCUT2D eigenvalue weighted by Gasteiger charge is 2.28. The number of morpholine rings is 1. The molecular formula is C15H23BrN2O2. The Balaban J connectivity index is 2.36. The summed E-state index contributed by atoms with van der Waals surface area (Å²) in [6.45, 7) is 5.74. The van der Waals surface area contributed by atoms with Crippen molar-refractivity contribution in [1.82, 2.24) is 5.32 Å². The lowest BCUT2D eigenvalue weighted by atomic mass is 10.0. The van der Waals surface area contributed by atoms with Crippen LogP contribution in [0.5, 0.6) is 0 Å². The molecule has 0 radical (unpaired) electrons. The predicted octanol–water partition coefficient (Wildman–Crippen LogP) is 2.32. The van der Waals surface area contributed by atoms with Gasteiger partial charge in [0, 0.05) is 28.8 Å². The van der Waals surface area contributed by atoms with Crippen molar-refractivity contribution in [2.45, 2.75) is 32.0 Å². The van der Waals surface area contributed by atoms with Crippen LogP contribution in [0, 0.1) is 0 Å². The van der Waals surface area contributed by atoms with Crippen molar-refractivity contribution >= 4 is 21.6 Å². The standard InChI is InChI=1S/C15H23BrN2O2/c1-10-9-20-13(8-19)7-18(10)15-6-12(16)4-5-14(15)11(2)17-3/h4-6,10-11,13,17,19H,7-9H2,1-3H3. The molecule has 0 saturated carbocycles. The second-order valence-electron chi connectivity index (χ2n) is 5.35. The Labute approximate surface area is 129 Å². The zero-order valence-corrected chi connectivity index (χ0v) is 13.9. The number of hydrogen-bond acceptors (Lipinski definition) is 4. The lowest BCUT2D eigenvalue weighted by Gasteiger charge is -2.40. The summed E-state index contributed by atoms with van der Waals surface area (Å²) in [5.41, 5.74) is 2.47. The first-order valence-electron chi connectivity index (χ1n) is 7.02. The highest BCUT2D eigenvalue weighted by molar-refractivity contribution is 9.10. The first-order chi connectivity index (χ1) is 9.56. The number of aliphatic hydroxyl groups is 1. The maximum Gasteiger partial charge on any atom is 0.0981 e. The van der Waals surface area contributed by atoms with Crippen LogP contribution in [0.15, 0.2) is 22.7 Å². The molecule has 3 atom stereocenters. The number of hydrogen-bond donors (Lipinski definition) is 2. The molecule has 1 fully saturated rings. The lowest BCUT2D eigenvalue weighted by Crippen LogP contribution is -2.50. The van der Waals surface area contributed by atoms with Gasteiger partial charge in [-0.2, -0.15) is 0 Å². The molecule has 2 rings (SSSR count). The maximum atomic E-state index is 9.35. The fourth-order valence-corrected chi connectivity index (χ4v) is 2.90. The quantitative estimate of drug-likeness (QED) is 0.881. The molecule has 2 N–H and O–H groups in total. The minimum absolute atomic E-state index is 0.0636. The van der Waals surface area contributed by atoms with Crippen LogP contribution >= 0.6 is 15.9 Å². The molecule has 0 aromatic heterocycles. The average molecular weight is 343 g/mol. The predicted molar refractivity (Wildman–Crippen MR) is 85.3 cm³/mol. The van der Waals surface area contributed by atoms with Gasteiger partial charge in [0.2, 0.25) is 0 Å². The van der Waals surface area contributed by atoms with Gasteiger partial charge in [-0.3, -0.25) is 0 Å². The summed E-state index contributed by atoms with van der Waals surface area (Å²) >= 11 is 3.56. The van der Waals surface area contributed by atoms with Crippen molar-refractivity contribution in [3.8, 4) is 0 Å². The van der Waals surface area contributed by atoms with Crippen LogP contribution < -0.4 is 10.2 Å². The smallest absolute Gasteiger partial charge is 0.0981 e. The molecule has 1 aromatic carbocycles. The van der Waals surface area contributed by atoms with Gasteiger partial charge in [0.1, 0.15) is 0 Å². The number of halogens is 1. The number of aliphatic hydroxyl groups excluding tert-OH is 1. The topological polar surface area (TPSA) is 44.7 Å². The first-order valence-corrected chi connectivity index (χ1v) is 7.82. The van der Waals surface area contributed by atoms with Gasteiger partial charge in [-0.25, -0.2) is 0 Å². The third-order valence-corrected chi connectivity index (χ3v) is 4.40. The molecule has 4 nitrogen and oxygen atoms in total. The molecule has 1 aromatic rings. The van der Waals surface area contributed by atoms with E-state index in [2.05, 4.69) is 58.2 Å². The summed E-state index contributed by atoms with van der Waals surface area (Å²) in [5, 5.41) is 12.6. The Morgan fingerprint density at radius 2 is 2.30 bits per heavy atom. The highest BCUT2D eigenvalue weighted by atomic mass is 79.9. The van der Waals surface area contributed by atoms with E-state index in [0.717, 1.165) is 11.0 Å². The van der Waals surface area contributed by atoms with Crippen molar-refractivity contribution in [3.05, 3.63) is 28.2 Å². The average Bonchev–Trinajstić information content (AvgIpc) is 2.47. The van der Waals surface area contributed by atoms with Gasteiger partial charge in [-0.1, -0.05) is 22.0 Å².